The molecule has 19 heavy (non-hydrogen) atoms. The van der Waals surface area contributed by atoms with Crippen LogP contribution < -0.4 is 11.1 Å². The number of amides is 1. The zero-order chi connectivity index (χ0) is 14.0. The summed E-state index contributed by atoms with van der Waals surface area (Å²) in [5.74, 6) is -0.667. The highest BCUT2D eigenvalue weighted by atomic mass is 32.2. The van der Waals surface area contributed by atoms with Crippen molar-refractivity contribution in [3.63, 3.8) is 0 Å². The highest BCUT2D eigenvalue weighted by Gasteiger charge is 2.34. The Morgan fingerprint density at radius 2 is 2.42 bits per heavy atom. The fourth-order valence-corrected chi connectivity index (χ4v) is 3.72. The molecular weight excluding hydrogens is 270 g/mol. The van der Waals surface area contributed by atoms with E-state index in [1.807, 2.05) is 0 Å². The van der Waals surface area contributed by atoms with Gasteiger partial charge in [0.15, 0.2) is 0 Å². The van der Waals surface area contributed by atoms with Gasteiger partial charge < -0.3 is 11.1 Å². The maximum atomic E-state index is 12.5. The molecule has 1 aromatic rings. The number of carbonyl (C=O) groups excluding carboxylic acids is 1. The lowest BCUT2D eigenvalue weighted by Crippen LogP contribution is -2.45. The Morgan fingerprint density at radius 1 is 1.68 bits per heavy atom. The molecule has 2 heterocycles. The Bertz CT molecular complexity index is 561. The van der Waals surface area contributed by atoms with Gasteiger partial charge in [0.2, 0.25) is 15.9 Å². The molecule has 1 fully saturated rings. The number of rotatable bonds is 5. The molecule has 0 spiro atoms. The van der Waals surface area contributed by atoms with E-state index in [0.717, 1.165) is 10.8 Å². The first-order chi connectivity index (χ1) is 8.91. The van der Waals surface area contributed by atoms with Gasteiger partial charge in [-0.15, -0.1) is 0 Å². The van der Waals surface area contributed by atoms with E-state index in [0.29, 0.717) is 13.0 Å². The third-order valence-corrected chi connectivity index (χ3v) is 4.89. The van der Waals surface area contributed by atoms with E-state index in [-0.39, 0.29) is 17.5 Å². The van der Waals surface area contributed by atoms with Crippen molar-refractivity contribution >= 4 is 15.9 Å². The molecule has 106 valence electrons. The third-order valence-electron chi connectivity index (χ3n) is 3.04. The maximum Gasteiger partial charge on any atom is 0.246 e. The zero-order valence-electron chi connectivity index (χ0n) is 10.6. The number of hydrogen-bond acceptors (Lipinski definition) is 5. The SMILES string of the molecule is Cn1cc(S(=O)(=O)N(CC(N)=O)C2CCNC2)cn1. The molecule has 1 aliphatic rings. The average Bonchev–Trinajstić information content (AvgIpc) is 2.96. The van der Waals surface area contributed by atoms with Gasteiger partial charge >= 0.3 is 0 Å². The highest BCUT2D eigenvalue weighted by molar-refractivity contribution is 7.89. The minimum atomic E-state index is -3.75. The molecule has 1 saturated heterocycles. The molecule has 0 saturated carbocycles. The molecular formula is C10H17N5O3S. The first-order valence-electron chi connectivity index (χ1n) is 5.91. The number of sulfonamides is 1. The summed E-state index contributed by atoms with van der Waals surface area (Å²) in [6, 6.07) is -0.252. The molecule has 1 aromatic heterocycles. The minimum absolute atomic E-state index is 0.0724. The van der Waals surface area contributed by atoms with Crippen LogP contribution in [0.15, 0.2) is 17.3 Å². The van der Waals surface area contributed by atoms with Crippen molar-refractivity contribution in [2.75, 3.05) is 19.6 Å². The summed E-state index contributed by atoms with van der Waals surface area (Å²) < 4.78 is 27.6. The van der Waals surface area contributed by atoms with Crippen molar-refractivity contribution in [2.24, 2.45) is 12.8 Å². The Labute approximate surface area is 111 Å². The van der Waals surface area contributed by atoms with E-state index in [4.69, 9.17) is 5.73 Å². The van der Waals surface area contributed by atoms with Crippen LogP contribution in [0.1, 0.15) is 6.42 Å². The van der Waals surface area contributed by atoms with Crippen LogP contribution in [0.25, 0.3) is 0 Å². The van der Waals surface area contributed by atoms with Gasteiger partial charge in [-0.25, -0.2) is 8.42 Å². The van der Waals surface area contributed by atoms with Crippen LogP contribution in [-0.4, -0.2) is 54.1 Å². The van der Waals surface area contributed by atoms with E-state index in [9.17, 15) is 13.2 Å². The average molecular weight is 287 g/mol. The number of nitrogens with one attached hydrogen (secondary N) is 1. The molecule has 9 heteroatoms. The Hall–Kier alpha value is -1.45. The van der Waals surface area contributed by atoms with Crippen LogP contribution in [0, 0.1) is 0 Å². The summed E-state index contributed by atoms with van der Waals surface area (Å²) in [5, 5.41) is 6.93. The van der Waals surface area contributed by atoms with Gasteiger partial charge in [-0.3, -0.25) is 9.48 Å². The lowest BCUT2D eigenvalue weighted by Gasteiger charge is -2.25. The second kappa shape index (κ2) is 5.27. The van der Waals surface area contributed by atoms with Gasteiger partial charge in [0.05, 0.1) is 12.7 Å². The molecule has 0 radical (unpaired) electrons. The van der Waals surface area contributed by atoms with Crippen LogP contribution >= 0.6 is 0 Å². The highest BCUT2D eigenvalue weighted by Crippen LogP contribution is 2.20. The van der Waals surface area contributed by atoms with Gasteiger partial charge in [0.1, 0.15) is 4.90 Å². The van der Waals surface area contributed by atoms with Crippen LogP contribution in [0.4, 0.5) is 0 Å². The minimum Gasteiger partial charge on any atom is -0.369 e. The molecule has 1 amide bonds. The normalized spacial score (nSPS) is 20.0. The molecule has 0 bridgehead atoms. The molecule has 0 aromatic carbocycles. The fraction of sp³-hybridized carbons (Fsp3) is 0.600. The number of aromatic nitrogens is 2. The fourth-order valence-electron chi connectivity index (χ4n) is 2.12. The van der Waals surface area contributed by atoms with Crippen LogP contribution in [0.3, 0.4) is 0 Å². The van der Waals surface area contributed by atoms with Crippen molar-refractivity contribution in [3.8, 4) is 0 Å². The molecule has 3 N–H and O–H groups in total. The van der Waals surface area contributed by atoms with Crippen molar-refractivity contribution in [3.05, 3.63) is 12.4 Å². The quantitative estimate of drug-likeness (QED) is 0.668. The number of hydrogen-bond donors (Lipinski definition) is 2. The Morgan fingerprint density at radius 3 is 2.89 bits per heavy atom. The Kier molecular flexibility index (Phi) is 3.88. The summed E-state index contributed by atoms with van der Waals surface area (Å²) in [7, 11) is -2.12. The number of primary amides is 1. The molecule has 0 aliphatic carbocycles. The van der Waals surface area contributed by atoms with Crippen molar-refractivity contribution in [1.82, 2.24) is 19.4 Å². The van der Waals surface area contributed by atoms with Gasteiger partial charge in [0.25, 0.3) is 0 Å². The molecule has 1 unspecified atom stereocenters. The first kappa shape index (κ1) is 14.0. The monoisotopic (exact) mass is 287 g/mol. The van der Waals surface area contributed by atoms with Gasteiger partial charge in [-0.1, -0.05) is 0 Å². The first-order valence-corrected chi connectivity index (χ1v) is 7.35. The molecule has 1 atom stereocenters. The zero-order valence-corrected chi connectivity index (χ0v) is 11.4. The third kappa shape index (κ3) is 2.94. The number of aryl methyl sites for hydroxylation is 1. The lowest BCUT2D eigenvalue weighted by atomic mass is 10.2. The van der Waals surface area contributed by atoms with Crippen LogP contribution in [-0.2, 0) is 21.9 Å². The summed E-state index contributed by atoms with van der Waals surface area (Å²) >= 11 is 0. The molecule has 2 rings (SSSR count). The Balaban J connectivity index is 2.33. The van der Waals surface area contributed by atoms with Gasteiger partial charge in [-0.2, -0.15) is 9.40 Å². The summed E-state index contributed by atoms with van der Waals surface area (Å²) in [6.45, 7) is 0.929. The van der Waals surface area contributed by atoms with Gasteiger partial charge in [0, 0.05) is 25.8 Å². The van der Waals surface area contributed by atoms with E-state index in [2.05, 4.69) is 10.4 Å². The maximum absolute atomic E-state index is 12.5. The predicted octanol–water partition coefficient (Wildman–Crippen LogP) is -1.74. The number of nitrogens with zero attached hydrogens (tertiary/aromatic N) is 3. The number of carbonyl (C=O) groups is 1. The summed E-state index contributed by atoms with van der Waals surface area (Å²) in [5.41, 5.74) is 5.15. The second-order valence-corrected chi connectivity index (χ2v) is 6.40. The summed E-state index contributed by atoms with van der Waals surface area (Å²) in [6.07, 6.45) is 3.34. The second-order valence-electron chi connectivity index (χ2n) is 4.51. The topological polar surface area (TPSA) is 110 Å². The smallest absolute Gasteiger partial charge is 0.246 e. The van der Waals surface area contributed by atoms with Crippen LogP contribution in [0.2, 0.25) is 0 Å². The van der Waals surface area contributed by atoms with Crippen molar-refractivity contribution in [2.45, 2.75) is 17.4 Å². The standard InChI is InChI=1S/C10H17N5O3S/c1-14-6-9(5-13-14)19(17,18)15(7-10(11)16)8-2-3-12-4-8/h5-6,8,12H,2-4,7H2,1H3,(H2,11,16). The van der Waals surface area contributed by atoms with E-state index in [1.165, 1.54) is 17.1 Å². The van der Waals surface area contributed by atoms with Crippen molar-refractivity contribution < 1.29 is 13.2 Å². The lowest BCUT2D eigenvalue weighted by molar-refractivity contribution is -0.118. The van der Waals surface area contributed by atoms with Crippen molar-refractivity contribution in [1.29, 1.82) is 0 Å². The molecule has 1 aliphatic heterocycles. The number of nitrogens with two attached hydrogens (primary N) is 1. The van der Waals surface area contributed by atoms with E-state index in [1.54, 1.807) is 7.05 Å². The molecule has 8 nitrogen and oxygen atoms in total. The summed E-state index contributed by atoms with van der Waals surface area (Å²) in [4.78, 5) is 11.2. The predicted molar refractivity (Wildman–Crippen MR) is 67.6 cm³/mol. The van der Waals surface area contributed by atoms with E-state index >= 15 is 0 Å². The largest absolute Gasteiger partial charge is 0.369 e. The van der Waals surface area contributed by atoms with Crippen LogP contribution in [0.5, 0.6) is 0 Å². The van der Waals surface area contributed by atoms with Gasteiger partial charge in [-0.05, 0) is 13.0 Å². The van der Waals surface area contributed by atoms with E-state index < -0.39 is 15.9 Å².